The average Bonchev–Trinajstić information content (AvgIpc) is 2.81. The van der Waals surface area contributed by atoms with Gasteiger partial charge in [0.25, 0.3) is 5.95 Å². The monoisotopic (exact) mass is 250 g/mol. The maximum Gasteiger partial charge on any atom is 0.323 e. The first-order chi connectivity index (χ1) is 8.19. The summed E-state index contributed by atoms with van der Waals surface area (Å²) in [5.74, 6) is 2.60. The van der Waals surface area contributed by atoms with E-state index < -0.39 is 6.10 Å². The van der Waals surface area contributed by atoms with Crippen molar-refractivity contribution >= 4 is 11.6 Å². The molecule has 0 bridgehead atoms. The van der Waals surface area contributed by atoms with Gasteiger partial charge < -0.3 is 4.74 Å². The molecule has 0 amide bonds. The molecule has 2 aromatic rings. The number of nitrogens with zero attached hydrogens (tertiary/aromatic N) is 6. The number of halogens is 1. The Labute approximate surface area is 102 Å². The van der Waals surface area contributed by atoms with Gasteiger partial charge >= 0.3 is 6.01 Å². The van der Waals surface area contributed by atoms with Crippen molar-refractivity contribution in [1.82, 2.24) is 29.7 Å². The molecule has 2 rings (SSSR count). The van der Waals surface area contributed by atoms with Crippen LogP contribution >= 0.6 is 11.6 Å². The van der Waals surface area contributed by atoms with Crippen molar-refractivity contribution in [2.75, 3.05) is 0 Å². The zero-order chi connectivity index (χ0) is 12.3. The molecule has 0 radical (unpaired) electrons. The summed E-state index contributed by atoms with van der Waals surface area (Å²) in [6.07, 6.45) is 7.50. The van der Waals surface area contributed by atoms with Crippen LogP contribution in [0.5, 0.6) is 6.01 Å². The first kappa shape index (κ1) is 11.3. The van der Waals surface area contributed by atoms with E-state index in [4.69, 9.17) is 22.8 Å². The summed E-state index contributed by atoms with van der Waals surface area (Å²) < 4.78 is 6.57. The van der Waals surface area contributed by atoms with E-state index in [1.54, 1.807) is 6.92 Å². The maximum atomic E-state index is 5.74. The van der Waals surface area contributed by atoms with Gasteiger partial charge in [0.05, 0.1) is 0 Å². The van der Waals surface area contributed by atoms with Crippen LogP contribution in [0.4, 0.5) is 0 Å². The molecule has 17 heavy (non-hydrogen) atoms. The standard InChI is InChI=1S/C9H7ClN6O/c1-3-6(2)17-9-14-7(10)13-8(15-9)16-5-11-4-12-16/h1,4-6H,2H3. The third-order valence-corrected chi connectivity index (χ3v) is 1.89. The van der Waals surface area contributed by atoms with Crippen molar-refractivity contribution in [1.29, 1.82) is 0 Å². The molecule has 0 aromatic carbocycles. The lowest BCUT2D eigenvalue weighted by molar-refractivity contribution is 0.254. The molecular weight excluding hydrogens is 244 g/mol. The van der Waals surface area contributed by atoms with E-state index in [0.717, 1.165) is 0 Å². The number of terminal acetylenes is 1. The van der Waals surface area contributed by atoms with Gasteiger partial charge in [0.15, 0.2) is 6.10 Å². The van der Waals surface area contributed by atoms with Crippen molar-refractivity contribution in [3.8, 4) is 24.3 Å². The highest BCUT2D eigenvalue weighted by atomic mass is 35.5. The molecule has 0 saturated heterocycles. The summed E-state index contributed by atoms with van der Waals surface area (Å²) in [5.41, 5.74) is 0. The Morgan fingerprint density at radius 3 is 2.94 bits per heavy atom. The summed E-state index contributed by atoms with van der Waals surface area (Å²) in [5, 5.41) is 3.86. The van der Waals surface area contributed by atoms with Crippen LogP contribution in [0.2, 0.25) is 5.28 Å². The second-order valence-electron chi connectivity index (χ2n) is 2.95. The van der Waals surface area contributed by atoms with Crippen LogP contribution in [0, 0.1) is 12.3 Å². The molecule has 0 N–H and O–H groups in total. The molecule has 2 heterocycles. The highest BCUT2D eigenvalue weighted by Crippen LogP contribution is 2.11. The minimum atomic E-state index is -0.461. The lowest BCUT2D eigenvalue weighted by Gasteiger charge is -2.07. The minimum Gasteiger partial charge on any atom is -0.447 e. The van der Waals surface area contributed by atoms with E-state index in [-0.39, 0.29) is 17.2 Å². The zero-order valence-electron chi connectivity index (χ0n) is 8.78. The highest BCUT2D eigenvalue weighted by molar-refractivity contribution is 6.28. The third kappa shape index (κ3) is 2.68. The molecule has 0 spiro atoms. The molecule has 7 nitrogen and oxygen atoms in total. The van der Waals surface area contributed by atoms with Crippen molar-refractivity contribution in [3.63, 3.8) is 0 Å². The fourth-order valence-corrected chi connectivity index (χ4v) is 1.13. The Balaban J connectivity index is 2.34. The molecule has 0 saturated carbocycles. The second kappa shape index (κ2) is 4.76. The lowest BCUT2D eigenvalue weighted by Crippen LogP contribution is -2.13. The summed E-state index contributed by atoms with van der Waals surface area (Å²) >= 11 is 5.74. The largest absolute Gasteiger partial charge is 0.447 e. The van der Waals surface area contributed by atoms with Crippen molar-refractivity contribution < 1.29 is 4.74 Å². The number of aromatic nitrogens is 6. The molecule has 8 heteroatoms. The topological polar surface area (TPSA) is 78.6 Å². The second-order valence-corrected chi connectivity index (χ2v) is 3.29. The van der Waals surface area contributed by atoms with E-state index in [9.17, 15) is 0 Å². The molecule has 0 fully saturated rings. The van der Waals surface area contributed by atoms with Crippen LogP contribution in [0.1, 0.15) is 6.92 Å². The van der Waals surface area contributed by atoms with Gasteiger partial charge in [-0.15, -0.1) is 6.42 Å². The Morgan fingerprint density at radius 2 is 2.29 bits per heavy atom. The van der Waals surface area contributed by atoms with Crippen molar-refractivity contribution in [3.05, 3.63) is 17.9 Å². The van der Waals surface area contributed by atoms with Crippen molar-refractivity contribution in [2.45, 2.75) is 13.0 Å². The van der Waals surface area contributed by atoms with Crippen molar-refractivity contribution in [2.24, 2.45) is 0 Å². The van der Waals surface area contributed by atoms with Crippen LogP contribution in [-0.4, -0.2) is 35.8 Å². The maximum absolute atomic E-state index is 5.74. The van der Waals surface area contributed by atoms with Gasteiger partial charge in [-0.1, -0.05) is 5.92 Å². The summed E-state index contributed by atoms with van der Waals surface area (Å²) in [6.45, 7) is 1.69. The van der Waals surface area contributed by atoms with Crippen LogP contribution in [-0.2, 0) is 0 Å². The minimum absolute atomic E-state index is 0.00952. The number of ether oxygens (including phenoxy) is 1. The van der Waals surface area contributed by atoms with E-state index in [1.165, 1.54) is 17.3 Å². The van der Waals surface area contributed by atoms with Gasteiger partial charge in [-0.05, 0) is 18.5 Å². The molecule has 2 aromatic heterocycles. The average molecular weight is 251 g/mol. The van der Waals surface area contributed by atoms with E-state index in [2.05, 4.69) is 31.0 Å². The summed E-state index contributed by atoms with van der Waals surface area (Å²) in [7, 11) is 0. The van der Waals surface area contributed by atoms with Gasteiger partial charge in [0.2, 0.25) is 5.28 Å². The van der Waals surface area contributed by atoms with E-state index in [1.807, 2.05) is 0 Å². The molecule has 86 valence electrons. The number of hydrogen-bond acceptors (Lipinski definition) is 6. The first-order valence-corrected chi connectivity index (χ1v) is 4.96. The fourth-order valence-electron chi connectivity index (χ4n) is 0.981. The Morgan fingerprint density at radius 1 is 1.47 bits per heavy atom. The molecule has 1 atom stereocenters. The lowest BCUT2D eigenvalue weighted by atomic mass is 10.4. The Kier molecular flexibility index (Phi) is 3.16. The van der Waals surface area contributed by atoms with Gasteiger partial charge in [-0.2, -0.15) is 24.7 Å². The van der Waals surface area contributed by atoms with Crippen LogP contribution in [0.3, 0.4) is 0 Å². The molecule has 0 aliphatic heterocycles. The number of rotatable bonds is 3. The summed E-state index contributed by atoms with van der Waals surface area (Å²) in [6, 6.07) is 0.0425. The Hall–Kier alpha value is -2.20. The van der Waals surface area contributed by atoms with Gasteiger partial charge in [0, 0.05) is 0 Å². The van der Waals surface area contributed by atoms with Gasteiger partial charge in [0.1, 0.15) is 12.7 Å². The van der Waals surface area contributed by atoms with Crippen LogP contribution < -0.4 is 4.74 Å². The predicted molar refractivity (Wildman–Crippen MR) is 58.7 cm³/mol. The fraction of sp³-hybridized carbons (Fsp3) is 0.222. The van der Waals surface area contributed by atoms with E-state index in [0.29, 0.717) is 0 Å². The van der Waals surface area contributed by atoms with Gasteiger partial charge in [-0.25, -0.2) is 4.98 Å². The normalized spacial score (nSPS) is 11.8. The molecule has 1 unspecified atom stereocenters. The highest BCUT2D eigenvalue weighted by Gasteiger charge is 2.10. The first-order valence-electron chi connectivity index (χ1n) is 4.58. The predicted octanol–water partition coefficient (Wildman–Crippen LogP) is 0.506. The van der Waals surface area contributed by atoms with Crippen LogP contribution in [0.15, 0.2) is 12.7 Å². The third-order valence-electron chi connectivity index (χ3n) is 1.72. The Bertz CT molecular complexity index is 549. The quantitative estimate of drug-likeness (QED) is 0.739. The van der Waals surface area contributed by atoms with Crippen LogP contribution in [0.25, 0.3) is 5.95 Å². The SMILES string of the molecule is C#CC(C)Oc1nc(Cl)nc(-n2cncn2)n1. The zero-order valence-corrected chi connectivity index (χ0v) is 9.53. The van der Waals surface area contributed by atoms with E-state index >= 15 is 0 Å². The molecule has 0 aliphatic rings. The molecular formula is C9H7ClN6O. The smallest absolute Gasteiger partial charge is 0.323 e. The number of hydrogen-bond donors (Lipinski definition) is 0. The summed E-state index contributed by atoms with van der Waals surface area (Å²) in [4.78, 5) is 15.4. The van der Waals surface area contributed by atoms with Gasteiger partial charge in [-0.3, -0.25) is 0 Å². The molecule has 0 aliphatic carbocycles.